The lowest BCUT2D eigenvalue weighted by molar-refractivity contribution is -0.114. The third kappa shape index (κ3) is 6.08. The molecule has 0 fully saturated rings. The first-order valence-electron chi connectivity index (χ1n) is 9.16. The van der Waals surface area contributed by atoms with Crippen LogP contribution in [0.3, 0.4) is 0 Å². The Balaban J connectivity index is 1.55. The molecule has 0 bridgehead atoms. The second-order valence-corrected chi connectivity index (χ2v) is 6.39. The Labute approximate surface area is 174 Å². The molecule has 0 aliphatic heterocycles. The van der Waals surface area contributed by atoms with E-state index >= 15 is 0 Å². The molecule has 2 amide bonds. The summed E-state index contributed by atoms with van der Waals surface area (Å²) in [6, 6.07) is 23.0. The summed E-state index contributed by atoms with van der Waals surface area (Å²) in [5.41, 5.74) is 2.69. The molecule has 0 heterocycles. The molecular formula is C24H19N3O3. The van der Waals surface area contributed by atoms with Gasteiger partial charge in [-0.25, -0.2) is 0 Å². The SMILES string of the molecule is CC(=O)Nc1ccc(/C=C/C(=O)Nc2ccc(Oc3cccc(C#N)c3)cc2)cc1. The first kappa shape index (κ1) is 20.4. The summed E-state index contributed by atoms with van der Waals surface area (Å²) in [4.78, 5) is 23.2. The number of amides is 2. The molecule has 6 heteroatoms. The maximum Gasteiger partial charge on any atom is 0.248 e. The van der Waals surface area contributed by atoms with Crippen molar-refractivity contribution in [3.05, 3.63) is 90.0 Å². The highest BCUT2D eigenvalue weighted by Gasteiger charge is 2.02. The summed E-state index contributed by atoms with van der Waals surface area (Å²) >= 11 is 0. The molecular weight excluding hydrogens is 378 g/mol. The van der Waals surface area contributed by atoms with Crippen LogP contribution in [0.15, 0.2) is 78.9 Å². The van der Waals surface area contributed by atoms with Crippen LogP contribution in [-0.4, -0.2) is 11.8 Å². The van der Waals surface area contributed by atoms with E-state index in [0.717, 1.165) is 5.56 Å². The number of hydrogen-bond acceptors (Lipinski definition) is 4. The molecule has 2 N–H and O–H groups in total. The number of hydrogen-bond donors (Lipinski definition) is 2. The zero-order valence-electron chi connectivity index (χ0n) is 16.3. The molecule has 3 aromatic carbocycles. The minimum absolute atomic E-state index is 0.134. The first-order chi connectivity index (χ1) is 14.5. The largest absolute Gasteiger partial charge is 0.457 e. The molecule has 0 aliphatic rings. The molecule has 0 spiro atoms. The summed E-state index contributed by atoms with van der Waals surface area (Å²) in [7, 11) is 0. The Morgan fingerprint density at radius 2 is 1.57 bits per heavy atom. The average Bonchev–Trinajstić information content (AvgIpc) is 2.74. The fourth-order valence-electron chi connectivity index (χ4n) is 2.61. The quantitative estimate of drug-likeness (QED) is 0.575. The van der Waals surface area contributed by atoms with E-state index in [1.54, 1.807) is 66.7 Å². The fourth-order valence-corrected chi connectivity index (χ4v) is 2.61. The van der Waals surface area contributed by atoms with Crippen molar-refractivity contribution in [1.82, 2.24) is 0 Å². The van der Waals surface area contributed by atoms with E-state index in [2.05, 4.69) is 16.7 Å². The Bertz CT molecular complexity index is 1110. The smallest absolute Gasteiger partial charge is 0.248 e. The van der Waals surface area contributed by atoms with Crippen LogP contribution in [0.4, 0.5) is 11.4 Å². The molecule has 6 nitrogen and oxygen atoms in total. The highest BCUT2D eigenvalue weighted by atomic mass is 16.5. The highest BCUT2D eigenvalue weighted by Crippen LogP contribution is 2.23. The van der Waals surface area contributed by atoms with Gasteiger partial charge < -0.3 is 15.4 Å². The normalized spacial score (nSPS) is 10.3. The van der Waals surface area contributed by atoms with Crippen LogP contribution in [0.2, 0.25) is 0 Å². The fraction of sp³-hybridized carbons (Fsp3) is 0.0417. The minimum Gasteiger partial charge on any atom is -0.457 e. The molecule has 0 radical (unpaired) electrons. The van der Waals surface area contributed by atoms with Gasteiger partial charge in [-0.15, -0.1) is 0 Å². The van der Waals surface area contributed by atoms with E-state index in [9.17, 15) is 9.59 Å². The van der Waals surface area contributed by atoms with E-state index in [4.69, 9.17) is 10.00 Å². The third-order valence-electron chi connectivity index (χ3n) is 3.98. The van der Waals surface area contributed by atoms with E-state index in [0.29, 0.717) is 28.4 Å². The van der Waals surface area contributed by atoms with Gasteiger partial charge in [-0.05, 0) is 66.2 Å². The Morgan fingerprint density at radius 1 is 0.900 bits per heavy atom. The van der Waals surface area contributed by atoms with Gasteiger partial charge in [-0.1, -0.05) is 18.2 Å². The number of ether oxygens (including phenoxy) is 1. The van der Waals surface area contributed by atoms with Gasteiger partial charge in [-0.2, -0.15) is 5.26 Å². The Morgan fingerprint density at radius 3 is 2.23 bits per heavy atom. The predicted molar refractivity (Wildman–Crippen MR) is 116 cm³/mol. The molecule has 0 atom stereocenters. The number of anilines is 2. The number of nitriles is 1. The second-order valence-electron chi connectivity index (χ2n) is 6.39. The average molecular weight is 397 g/mol. The molecule has 0 saturated carbocycles. The Kier molecular flexibility index (Phi) is 6.59. The highest BCUT2D eigenvalue weighted by molar-refractivity contribution is 6.02. The van der Waals surface area contributed by atoms with Crippen molar-refractivity contribution >= 4 is 29.3 Å². The monoisotopic (exact) mass is 397 g/mol. The van der Waals surface area contributed by atoms with Crippen LogP contribution in [0.25, 0.3) is 6.08 Å². The van der Waals surface area contributed by atoms with Crippen LogP contribution < -0.4 is 15.4 Å². The van der Waals surface area contributed by atoms with Crippen molar-refractivity contribution in [2.75, 3.05) is 10.6 Å². The lowest BCUT2D eigenvalue weighted by Crippen LogP contribution is -2.07. The summed E-state index contributed by atoms with van der Waals surface area (Å²) in [5.74, 6) is 0.761. The van der Waals surface area contributed by atoms with Gasteiger partial charge in [0.15, 0.2) is 0 Å². The zero-order valence-corrected chi connectivity index (χ0v) is 16.3. The number of benzene rings is 3. The number of carbonyl (C=O) groups excluding carboxylic acids is 2. The van der Waals surface area contributed by atoms with Gasteiger partial charge in [0.1, 0.15) is 11.5 Å². The van der Waals surface area contributed by atoms with Crippen LogP contribution in [0, 0.1) is 11.3 Å². The van der Waals surface area contributed by atoms with Crippen LogP contribution in [0.1, 0.15) is 18.1 Å². The van der Waals surface area contributed by atoms with Gasteiger partial charge in [0.05, 0.1) is 11.6 Å². The van der Waals surface area contributed by atoms with Crippen molar-refractivity contribution < 1.29 is 14.3 Å². The molecule has 3 aromatic rings. The number of rotatable bonds is 6. The summed E-state index contributed by atoms with van der Waals surface area (Å²) < 4.78 is 5.72. The standard InChI is InChI=1S/C24H19N3O3/c1-17(28)26-20-8-5-18(6-9-20)7-14-24(29)27-21-10-12-22(13-11-21)30-23-4-2-3-19(15-23)16-25/h2-15H,1H3,(H,26,28)(H,27,29)/b14-7+. The predicted octanol–water partition coefficient (Wildman–Crippen LogP) is 4.96. The van der Waals surface area contributed by atoms with E-state index < -0.39 is 0 Å². The summed E-state index contributed by atoms with van der Waals surface area (Å²) in [5, 5.41) is 14.4. The van der Waals surface area contributed by atoms with Crippen molar-refractivity contribution in [3.63, 3.8) is 0 Å². The molecule has 0 aromatic heterocycles. The topological polar surface area (TPSA) is 91.2 Å². The van der Waals surface area contributed by atoms with Gasteiger partial charge in [0, 0.05) is 24.4 Å². The Hall–Kier alpha value is -4.37. The van der Waals surface area contributed by atoms with Crippen LogP contribution in [-0.2, 0) is 9.59 Å². The molecule has 0 unspecified atom stereocenters. The summed E-state index contributed by atoms with van der Waals surface area (Å²) in [6.45, 7) is 1.45. The molecule has 30 heavy (non-hydrogen) atoms. The third-order valence-corrected chi connectivity index (χ3v) is 3.98. The number of carbonyl (C=O) groups is 2. The van der Waals surface area contributed by atoms with E-state index in [1.807, 2.05) is 12.1 Å². The summed E-state index contributed by atoms with van der Waals surface area (Å²) in [6.07, 6.45) is 3.12. The molecule has 0 saturated heterocycles. The zero-order chi connectivity index (χ0) is 21.3. The maximum atomic E-state index is 12.1. The van der Waals surface area contributed by atoms with Gasteiger partial charge in [0.2, 0.25) is 11.8 Å². The maximum absolute atomic E-state index is 12.1. The van der Waals surface area contributed by atoms with Crippen LogP contribution in [0.5, 0.6) is 11.5 Å². The number of nitrogens with one attached hydrogen (secondary N) is 2. The molecule has 3 rings (SSSR count). The van der Waals surface area contributed by atoms with Gasteiger partial charge >= 0.3 is 0 Å². The molecule has 148 valence electrons. The second kappa shape index (κ2) is 9.71. The van der Waals surface area contributed by atoms with Crippen LogP contribution >= 0.6 is 0 Å². The van der Waals surface area contributed by atoms with Gasteiger partial charge in [0.25, 0.3) is 0 Å². The minimum atomic E-state index is -0.267. The van der Waals surface area contributed by atoms with Crippen molar-refractivity contribution in [3.8, 4) is 17.6 Å². The number of nitrogens with zero attached hydrogens (tertiary/aromatic N) is 1. The lowest BCUT2D eigenvalue weighted by Gasteiger charge is -2.07. The lowest BCUT2D eigenvalue weighted by atomic mass is 10.2. The first-order valence-corrected chi connectivity index (χ1v) is 9.16. The van der Waals surface area contributed by atoms with Crippen molar-refractivity contribution in [2.45, 2.75) is 6.92 Å². The van der Waals surface area contributed by atoms with E-state index in [-0.39, 0.29) is 11.8 Å². The van der Waals surface area contributed by atoms with Gasteiger partial charge in [-0.3, -0.25) is 9.59 Å². The molecule has 0 aliphatic carbocycles. The van der Waals surface area contributed by atoms with E-state index in [1.165, 1.54) is 13.0 Å². The van der Waals surface area contributed by atoms with Crippen molar-refractivity contribution in [1.29, 1.82) is 5.26 Å². The van der Waals surface area contributed by atoms with Crippen molar-refractivity contribution in [2.24, 2.45) is 0 Å².